The number of likely N-dealkylation sites (tertiary alicyclic amines) is 1. The molecular formula is C17H24N4O4S. The fourth-order valence-corrected chi connectivity index (χ4v) is 5.34. The van der Waals surface area contributed by atoms with E-state index in [9.17, 15) is 18.0 Å². The number of carbonyl (C=O) groups excluding carboxylic acids is 2. The third-order valence-electron chi connectivity index (χ3n) is 4.91. The van der Waals surface area contributed by atoms with E-state index in [0.717, 1.165) is 0 Å². The lowest BCUT2D eigenvalue weighted by molar-refractivity contribution is -0.137. The van der Waals surface area contributed by atoms with Crippen LogP contribution in [0.15, 0.2) is 29.4 Å². The van der Waals surface area contributed by atoms with Crippen molar-refractivity contribution in [1.29, 1.82) is 0 Å². The summed E-state index contributed by atoms with van der Waals surface area (Å²) in [5, 5.41) is -0.0882. The zero-order chi connectivity index (χ0) is 19.1. The summed E-state index contributed by atoms with van der Waals surface area (Å²) < 4.78 is 26.9. The molecule has 1 aromatic heterocycles. The lowest BCUT2D eigenvalue weighted by atomic mass is 10.0. The first-order valence-corrected chi connectivity index (χ1v) is 10.2. The first-order valence-electron chi connectivity index (χ1n) is 8.75. The summed E-state index contributed by atoms with van der Waals surface area (Å²) in [4.78, 5) is 30.6. The highest BCUT2D eigenvalue weighted by atomic mass is 32.2. The first kappa shape index (κ1) is 18.9. The maximum atomic E-state index is 12.9. The van der Waals surface area contributed by atoms with Gasteiger partial charge in [0, 0.05) is 12.7 Å². The van der Waals surface area contributed by atoms with Crippen molar-refractivity contribution >= 4 is 21.7 Å². The van der Waals surface area contributed by atoms with Crippen LogP contribution in [0.4, 0.5) is 0 Å². The summed E-state index contributed by atoms with van der Waals surface area (Å²) in [6, 6.07) is 2.64. The fraction of sp³-hybridized carbons (Fsp3) is 0.588. The minimum absolute atomic E-state index is 0.0882. The zero-order valence-electron chi connectivity index (χ0n) is 14.9. The molecule has 0 spiro atoms. The van der Waals surface area contributed by atoms with Gasteiger partial charge in [-0.1, -0.05) is 19.9 Å². The number of hydrogen-bond donors (Lipinski definition) is 1. The lowest BCUT2D eigenvalue weighted by Crippen LogP contribution is -2.50. The van der Waals surface area contributed by atoms with Crippen molar-refractivity contribution in [3.05, 3.63) is 24.4 Å². The second-order valence-electron chi connectivity index (χ2n) is 7.25. The van der Waals surface area contributed by atoms with Crippen molar-refractivity contribution in [2.45, 2.75) is 49.8 Å². The SMILES string of the molecule is CC(C)CC(N)C(=O)N1CCC2C1C(=O)CN2S(=O)(=O)c1ccccn1. The lowest BCUT2D eigenvalue weighted by Gasteiger charge is -2.26. The van der Waals surface area contributed by atoms with Crippen molar-refractivity contribution in [1.82, 2.24) is 14.2 Å². The molecule has 2 aliphatic heterocycles. The van der Waals surface area contributed by atoms with Crippen molar-refractivity contribution in [3.8, 4) is 0 Å². The summed E-state index contributed by atoms with van der Waals surface area (Å²) in [7, 11) is -3.88. The number of rotatable bonds is 5. The van der Waals surface area contributed by atoms with Gasteiger partial charge in [-0.25, -0.2) is 13.4 Å². The van der Waals surface area contributed by atoms with Gasteiger partial charge in [0.1, 0.15) is 6.04 Å². The van der Waals surface area contributed by atoms with E-state index in [1.165, 1.54) is 21.5 Å². The van der Waals surface area contributed by atoms with Crippen LogP contribution in [-0.2, 0) is 19.6 Å². The molecule has 0 radical (unpaired) electrons. The van der Waals surface area contributed by atoms with Crippen LogP contribution in [0, 0.1) is 5.92 Å². The van der Waals surface area contributed by atoms with Crippen molar-refractivity contribution in [3.63, 3.8) is 0 Å². The second kappa shape index (κ2) is 7.05. The number of nitrogens with two attached hydrogens (primary N) is 1. The summed E-state index contributed by atoms with van der Waals surface area (Å²) in [5.74, 6) is -0.290. The molecule has 3 unspecified atom stereocenters. The molecule has 1 aromatic rings. The third kappa shape index (κ3) is 3.26. The van der Waals surface area contributed by atoms with Crippen LogP contribution in [0.25, 0.3) is 0 Å². The maximum Gasteiger partial charge on any atom is 0.261 e. The number of nitrogens with zero attached hydrogens (tertiary/aromatic N) is 3. The molecule has 142 valence electrons. The Morgan fingerprint density at radius 2 is 2.12 bits per heavy atom. The van der Waals surface area contributed by atoms with Gasteiger partial charge in [-0.05, 0) is 30.9 Å². The molecule has 0 aromatic carbocycles. The number of amides is 1. The normalized spacial score (nSPS) is 24.9. The first-order chi connectivity index (χ1) is 12.2. The number of hydrogen-bond acceptors (Lipinski definition) is 6. The molecule has 2 N–H and O–H groups in total. The van der Waals surface area contributed by atoms with E-state index in [1.54, 1.807) is 12.1 Å². The molecule has 3 rings (SSSR count). The van der Waals surface area contributed by atoms with Crippen molar-refractivity contribution in [2.24, 2.45) is 11.7 Å². The molecule has 3 atom stereocenters. The van der Waals surface area contributed by atoms with Crippen LogP contribution < -0.4 is 5.73 Å². The highest BCUT2D eigenvalue weighted by molar-refractivity contribution is 7.89. The predicted molar refractivity (Wildman–Crippen MR) is 94.5 cm³/mol. The second-order valence-corrected chi connectivity index (χ2v) is 9.09. The molecule has 0 saturated carbocycles. The van der Waals surface area contributed by atoms with Crippen LogP contribution in [0.3, 0.4) is 0 Å². The molecular weight excluding hydrogens is 356 g/mol. The Bertz CT molecular complexity index is 796. The average molecular weight is 380 g/mol. The Kier molecular flexibility index (Phi) is 5.14. The highest BCUT2D eigenvalue weighted by Gasteiger charge is 2.54. The molecule has 0 aliphatic carbocycles. The van der Waals surface area contributed by atoms with E-state index < -0.39 is 28.1 Å². The Morgan fingerprint density at radius 3 is 2.73 bits per heavy atom. The summed E-state index contributed by atoms with van der Waals surface area (Å²) in [6.45, 7) is 4.04. The van der Waals surface area contributed by atoms with Gasteiger partial charge in [0.2, 0.25) is 5.91 Å². The Hall–Kier alpha value is -1.84. The molecule has 0 bridgehead atoms. The zero-order valence-corrected chi connectivity index (χ0v) is 15.7. The fourth-order valence-electron chi connectivity index (χ4n) is 3.78. The number of sulfonamides is 1. The van der Waals surface area contributed by atoms with Gasteiger partial charge in [-0.2, -0.15) is 4.31 Å². The third-order valence-corrected chi connectivity index (χ3v) is 6.70. The van der Waals surface area contributed by atoms with Gasteiger partial charge in [-0.3, -0.25) is 9.59 Å². The van der Waals surface area contributed by atoms with Gasteiger partial charge in [-0.15, -0.1) is 0 Å². The van der Waals surface area contributed by atoms with E-state index in [2.05, 4.69) is 4.98 Å². The molecule has 2 fully saturated rings. The van der Waals surface area contributed by atoms with Crippen LogP contribution >= 0.6 is 0 Å². The van der Waals surface area contributed by atoms with Crippen molar-refractivity contribution < 1.29 is 18.0 Å². The Labute approximate surface area is 153 Å². The van der Waals surface area contributed by atoms with Crippen LogP contribution in [0.5, 0.6) is 0 Å². The smallest absolute Gasteiger partial charge is 0.261 e. The maximum absolute atomic E-state index is 12.9. The highest BCUT2D eigenvalue weighted by Crippen LogP contribution is 2.33. The minimum Gasteiger partial charge on any atom is -0.330 e. The van der Waals surface area contributed by atoms with E-state index in [-0.39, 0.29) is 29.2 Å². The average Bonchev–Trinajstić information content (AvgIpc) is 3.16. The standard InChI is InChI=1S/C17H24N4O4S/c1-11(2)9-12(18)17(23)20-8-6-13-16(20)14(22)10-21(13)26(24,25)15-5-3-4-7-19-15/h3-5,7,11-13,16H,6,8-10,18H2,1-2H3. The number of Topliss-reactive ketones (excluding diaryl/α,β-unsaturated/α-hetero) is 1. The van der Waals surface area contributed by atoms with Gasteiger partial charge < -0.3 is 10.6 Å². The number of ketones is 1. The molecule has 8 nitrogen and oxygen atoms in total. The van der Waals surface area contributed by atoms with Crippen LogP contribution in [-0.4, -0.2) is 65.5 Å². The topological polar surface area (TPSA) is 114 Å². The number of fused-ring (bicyclic) bond motifs is 1. The summed E-state index contributed by atoms with van der Waals surface area (Å²) >= 11 is 0. The summed E-state index contributed by atoms with van der Waals surface area (Å²) in [5.41, 5.74) is 5.99. The quantitative estimate of drug-likeness (QED) is 0.769. The van der Waals surface area contributed by atoms with Crippen LogP contribution in [0.1, 0.15) is 26.7 Å². The van der Waals surface area contributed by atoms with Gasteiger partial charge in [0.25, 0.3) is 10.0 Å². The Morgan fingerprint density at radius 1 is 1.38 bits per heavy atom. The summed E-state index contributed by atoms with van der Waals surface area (Å²) in [6.07, 6.45) is 2.34. The number of aromatic nitrogens is 1. The molecule has 9 heteroatoms. The van der Waals surface area contributed by atoms with Gasteiger partial charge in [0.15, 0.2) is 10.8 Å². The number of pyridine rings is 1. The molecule has 1 amide bonds. The van der Waals surface area contributed by atoms with E-state index in [1.807, 2.05) is 13.8 Å². The predicted octanol–water partition coefficient (Wildman–Crippen LogP) is -0.00210. The largest absolute Gasteiger partial charge is 0.330 e. The van der Waals surface area contributed by atoms with Gasteiger partial charge in [0.05, 0.1) is 18.6 Å². The minimum atomic E-state index is -3.88. The van der Waals surface area contributed by atoms with Crippen LogP contribution in [0.2, 0.25) is 0 Å². The monoisotopic (exact) mass is 380 g/mol. The Balaban J connectivity index is 1.83. The van der Waals surface area contributed by atoms with Gasteiger partial charge >= 0.3 is 0 Å². The number of carbonyl (C=O) groups is 2. The molecule has 2 saturated heterocycles. The molecule has 3 heterocycles. The van der Waals surface area contributed by atoms with Crippen molar-refractivity contribution in [2.75, 3.05) is 13.1 Å². The van der Waals surface area contributed by atoms with E-state index in [4.69, 9.17) is 5.73 Å². The van der Waals surface area contributed by atoms with E-state index in [0.29, 0.717) is 19.4 Å². The van der Waals surface area contributed by atoms with E-state index >= 15 is 0 Å². The molecule has 2 aliphatic rings. The molecule has 26 heavy (non-hydrogen) atoms.